The van der Waals surface area contributed by atoms with E-state index in [0.29, 0.717) is 5.41 Å². The first-order chi connectivity index (χ1) is 5.47. The molecule has 7 heteroatoms. The Morgan fingerprint density at radius 2 is 2.17 bits per heavy atom. The van der Waals surface area contributed by atoms with E-state index >= 15 is 0 Å². The maximum absolute atomic E-state index is 10.9. The standard InChI is InChI=1S/C5H5NO5S/c7-1-4-6-3(5(8)9)2-12(4,10)11/h2,7H,1H2,(H,8,9). The number of sulfone groups is 1. The van der Waals surface area contributed by atoms with Crippen LogP contribution >= 0.6 is 0 Å². The molecule has 0 saturated carbocycles. The van der Waals surface area contributed by atoms with Gasteiger partial charge in [0.25, 0.3) is 0 Å². The summed E-state index contributed by atoms with van der Waals surface area (Å²) in [4.78, 5) is 13.4. The first kappa shape index (κ1) is 8.88. The van der Waals surface area contributed by atoms with Crippen LogP contribution in [0, 0.1) is 0 Å². The van der Waals surface area contributed by atoms with E-state index in [1.807, 2.05) is 0 Å². The molecular formula is C5H5NO5S. The van der Waals surface area contributed by atoms with E-state index in [1.165, 1.54) is 0 Å². The van der Waals surface area contributed by atoms with Gasteiger partial charge < -0.3 is 10.2 Å². The van der Waals surface area contributed by atoms with Crippen LogP contribution in [-0.2, 0) is 14.6 Å². The highest BCUT2D eigenvalue weighted by Gasteiger charge is 2.27. The molecule has 0 radical (unpaired) electrons. The van der Waals surface area contributed by atoms with Crippen LogP contribution in [0.5, 0.6) is 0 Å². The Balaban J connectivity index is 3.17. The van der Waals surface area contributed by atoms with Crippen molar-refractivity contribution in [1.82, 2.24) is 0 Å². The van der Waals surface area contributed by atoms with E-state index in [1.54, 1.807) is 0 Å². The van der Waals surface area contributed by atoms with Gasteiger partial charge in [-0.25, -0.2) is 18.2 Å². The molecule has 1 rings (SSSR count). The number of carbonyl (C=O) groups is 1. The zero-order valence-electron chi connectivity index (χ0n) is 5.76. The van der Waals surface area contributed by atoms with Gasteiger partial charge in [0.05, 0.1) is 12.0 Å². The zero-order chi connectivity index (χ0) is 9.35. The molecule has 2 N–H and O–H groups in total. The van der Waals surface area contributed by atoms with Crippen LogP contribution in [-0.4, -0.2) is 36.3 Å². The van der Waals surface area contributed by atoms with Crippen molar-refractivity contribution >= 4 is 20.9 Å². The summed E-state index contributed by atoms with van der Waals surface area (Å²) in [7, 11) is -3.77. The second-order valence-corrected chi connectivity index (χ2v) is 3.81. The molecular weight excluding hydrogens is 186 g/mol. The third-order valence-electron chi connectivity index (χ3n) is 1.19. The number of hydrogen-bond donors (Lipinski definition) is 2. The third-order valence-corrected chi connectivity index (χ3v) is 2.61. The molecule has 0 aromatic heterocycles. The minimum atomic E-state index is -3.77. The normalized spacial score (nSPS) is 20.1. The average Bonchev–Trinajstić information content (AvgIpc) is 2.25. The summed E-state index contributed by atoms with van der Waals surface area (Å²) < 4.78 is 21.8. The largest absolute Gasteiger partial charge is 0.476 e. The van der Waals surface area contributed by atoms with Crippen LogP contribution in [0.1, 0.15) is 0 Å². The fourth-order valence-electron chi connectivity index (χ4n) is 0.663. The van der Waals surface area contributed by atoms with Crippen LogP contribution in [0.4, 0.5) is 0 Å². The highest BCUT2D eigenvalue weighted by atomic mass is 32.2. The van der Waals surface area contributed by atoms with E-state index in [9.17, 15) is 13.2 Å². The van der Waals surface area contributed by atoms with Crippen LogP contribution in [0.3, 0.4) is 0 Å². The van der Waals surface area contributed by atoms with E-state index < -0.39 is 33.2 Å². The number of carboxylic acids is 1. The number of hydrogen-bond acceptors (Lipinski definition) is 5. The highest BCUT2D eigenvalue weighted by Crippen LogP contribution is 2.13. The van der Waals surface area contributed by atoms with Gasteiger partial charge in [0.15, 0.2) is 10.7 Å². The SMILES string of the molecule is O=C(O)C1=CS(=O)(=O)C(CO)=N1. The van der Waals surface area contributed by atoms with Crippen molar-refractivity contribution in [3.8, 4) is 0 Å². The maximum atomic E-state index is 10.9. The van der Waals surface area contributed by atoms with Gasteiger partial charge in [-0.3, -0.25) is 0 Å². The lowest BCUT2D eigenvalue weighted by Gasteiger charge is -1.90. The van der Waals surface area contributed by atoms with Crippen molar-refractivity contribution in [1.29, 1.82) is 0 Å². The molecule has 0 bridgehead atoms. The van der Waals surface area contributed by atoms with Crippen molar-refractivity contribution in [3.63, 3.8) is 0 Å². The lowest BCUT2D eigenvalue weighted by Crippen LogP contribution is -2.12. The first-order valence-corrected chi connectivity index (χ1v) is 4.40. The van der Waals surface area contributed by atoms with Gasteiger partial charge >= 0.3 is 5.97 Å². The monoisotopic (exact) mass is 191 g/mol. The third kappa shape index (κ3) is 1.36. The molecule has 1 heterocycles. The van der Waals surface area contributed by atoms with Crippen molar-refractivity contribution in [3.05, 3.63) is 11.1 Å². The quantitative estimate of drug-likeness (QED) is 0.566. The lowest BCUT2D eigenvalue weighted by molar-refractivity contribution is -0.132. The zero-order valence-corrected chi connectivity index (χ0v) is 6.58. The Bertz CT molecular complexity index is 377. The fraction of sp³-hybridized carbons (Fsp3) is 0.200. The molecule has 6 nitrogen and oxygen atoms in total. The Labute approximate surface area is 67.8 Å². The van der Waals surface area contributed by atoms with Crippen LogP contribution in [0.2, 0.25) is 0 Å². The molecule has 12 heavy (non-hydrogen) atoms. The van der Waals surface area contributed by atoms with Gasteiger partial charge in [-0.15, -0.1) is 0 Å². The van der Waals surface area contributed by atoms with Crippen molar-refractivity contribution in [2.45, 2.75) is 0 Å². The topological polar surface area (TPSA) is 104 Å². The van der Waals surface area contributed by atoms with E-state index in [4.69, 9.17) is 10.2 Å². The smallest absolute Gasteiger partial charge is 0.355 e. The first-order valence-electron chi connectivity index (χ1n) is 2.86. The molecule has 0 aromatic carbocycles. The lowest BCUT2D eigenvalue weighted by atomic mass is 10.5. The molecule has 0 atom stereocenters. The predicted octanol–water partition coefficient (Wildman–Crippen LogP) is -1.27. The number of rotatable bonds is 2. The minimum absolute atomic E-state index is 0.515. The van der Waals surface area contributed by atoms with E-state index in [0.717, 1.165) is 0 Å². The van der Waals surface area contributed by atoms with Crippen LogP contribution < -0.4 is 0 Å². The van der Waals surface area contributed by atoms with Gasteiger partial charge in [-0.2, -0.15) is 0 Å². The molecule has 1 aliphatic rings. The number of aliphatic hydroxyl groups excluding tert-OH is 1. The summed E-state index contributed by atoms with van der Waals surface area (Å²) in [5.41, 5.74) is -0.570. The highest BCUT2D eigenvalue weighted by molar-refractivity contribution is 8.09. The molecule has 0 amide bonds. The fourth-order valence-corrected chi connectivity index (χ4v) is 1.65. The Morgan fingerprint density at radius 1 is 1.58 bits per heavy atom. The van der Waals surface area contributed by atoms with Crippen molar-refractivity contribution in [2.75, 3.05) is 6.61 Å². The average molecular weight is 191 g/mol. The van der Waals surface area contributed by atoms with Gasteiger partial charge in [-0.05, 0) is 0 Å². The molecule has 0 aliphatic carbocycles. The summed E-state index contributed by atoms with van der Waals surface area (Å²) in [6.45, 7) is -0.782. The van der Waals surface area contributed by atoms with Gasteiger partial charge in [0.2, 0.25) is 9.84 Å². The van der Waals surface area contributed by atoms with Gasteiger partial charge in [-0.1, -0.05) is 0 Å². The minimum Gasteiger partial charge on any atom is -0.476 e. The van der Waals surface area contributed by atoms with Gasteiger partial charge in [0, 0.05) is 0 Å². The molecule has 0 aromatic rings. The van der Waals surface area contributed by atoms with E-state index in [2.05, 4.69) is 4.99 Å². The second-order valence-electron chi connectivity index (χ2n) is 2.02. The number of aliphatic carboxylic acids is 1. The van der Waals surface area contributed by atoms with Gasteiger partial charge in [0.1, 0.15) is 0 Å². The number of carboxylic acid groups (broad SMARTS) is 1. The Hall–Kier alpha value is -1.21. The second kappa shape index (κ2) is 2.68. The molecule has 0 spiro atoms. The van der Waals surface area contributed by atoms with Crippen LogP contribution in [0.15, 0.2) is 16.1 Å². The van der Waals surface area contributed by atoms with Crippen molar-refractivity contribution in [2.24, 2.45) is 4.99 Å². The number of nitrogens with zero attached hydrogens (tertiary/aromatic N) is 1. The Morgan fingerprint density at radius 3 is 2.42 bits per heavy atom. The van der Waals surface area contributed by atoms with Crippen molar-refractivity contribution < 1.29 is 23.4 Å². The Kier molecular flexibility index (Phi) is 1.99. The summed E-state index contributed by atoms with van der Waals surface area (Å²) in [5.74, 6) is -1.43. The molecule has 66 valence electrons. The number of aliphatic hydroxyl groups is 1. The molecule has 0 saturated heterocycles. The van der Waals surface area contributed by atoms with E-state index in [-0.39, 0.29) is 0 Å². The summed E-state index contributed by atoms with van der Waals surface area (Å²) >= 11 is 0. The maximum Gasteiger partial charge on any atom is 0.355 e. The predicted molar refractivity (Wildman–Crippen MR) is 39.2 cm³/mol. The number of aliphatic imine (C=N–C) groups is 1. The van der Waals surface area contributed by atoms with Crippen LogP contribution in [0.25, 0.3) is 0 Å². The summed E-state index contributed by atoms with van der Waals surface area (Å²) in [6, 6.07) is 0. The summed E-state index contributed by atoms with van der Waals surface area (Å²) in [6.07, 6.45) is 0. The molecule has 0 unspecified atom stereocenters. The molecule has 1 aliphatic heterocycles. The summed E-state index contributed by atoms with van der Waals surface area (Å²) in [5, 5.41) is 16.8. The molecule has 0 fully saturated rings.